The molecule has 0 saturated heterocycles. The summed E-state index contributed by atoms with van der Waals surface area (Å²) >= 11 is 0. The van der Waals surface area contributed by atoms with E-state index in [1.54, 1.807) is 0 Å². The van der Waals surface area contributed by atoms with Crippen molar-refractivity contribution in [3.8, 4) is 0 Å². The van der Waals surface area contributed by atoms with Gasteiger partial charge in [-0.05, 0) is 0 Å². The van der Waals surface area contributed by atoms with Crippen LogP contribution in [-0.4, -0.2) is 23.8 Å². The van der Waals surface area contributed by atoms with Crippen LogP contribution in [-0.2, 0) is 4.79 Å². The van der Waals surface area contributed by atoms with Crippen LogP contribution in [0.25, 0.3) is 0 Å². The number of hydrogen-bond donors (Lipinski definition) is 2. The van der Waals surface area contributed by atoms with E-state index >= 15 is 0 Å². The summed E-state index contributed by atoms with van der Waals surface area (Å²) in [6, 6.07) is 0. The molecule has 1 aliphatic rings. The van der Waals surface area contributed by atoms with Crippen LogP contribution in [0.15, 0.2) is 16.9 Å². The van der Waals surface area contributed by atoms with Gasteiger partial charge in [0.1, 0.15) is 0 Å². The number of aliphatic imine (C=N–C) groups is 1. The summed E-state index contributed by atoms with van der Waals surface area (Å²) in [7, 11) is 0. The Hall–Kier alpha value is -1.32. The maximum atomic E-state index is 10.1. The highest BCUT2D eigenvalue weighted by atomic mass is 16.4. The van der Waals surface area contributed by atoms with Crippen molar-refractivity contribution >= 4 is 12.2 Å². The van der Waals surface area contributed by atoms with E-state index in [1.807, 2.05) is 0 Å². The van der Waals surface area contributed by atoms with Crippen molar-refractivity contribution < 1.29 is 9.90 Å². The second-order valence-corrected chi connectivity index (χ2v) is 1.55. The average Bonchev–Trinajstić information content (AvgIpc) is 1.90. The standard InChI is InChI=1S/C5H6N2O2/c8-5(9)4-3-6-1-2-7-4/h2-3,6H,1H2,(H,8,9). The van der Waals surface area contributed by atoms with Gasteiger partial charge in [-0.15, -0.1) is 0 Å². The normalized spacial score (nSPS) is 16.2. The van der Waals surface area contributed by atoms with Crippen LogP contribution in [0, 0.1) is 0 Å². The molecule has 0 amide bonds. The second-order valence-electron chi connectivity index (χ2n) is 1.55. The fourth-order valence-corrected chi connectivity index (χ4v) is 0.507. The zero-order valence-electron chi connectivity index (χ0n) is 4.66. The largest absolute Gasteiger partial charge is 0.476 e. The Labute approximate surface area is 51.9 Å². The molecule has 1 rings (SSSR count). The zero-order chi connectivity index (χ0) is 6.69. The van der Waals surface area contributed by atoms with E-state index in [1.165, 1.54) is 12.4 Å². The van der Waals surface area contributed by atoms with Crippen molar-refractivity contribution in [2.45, 2.75) is 0 Å². The van der Waals surface area contributed by atoms with Crippen LogP contribution in [0.4, 0.5) is 0 Å². The lowest BCUT2D eigenvalue weighted by atomic mass is 10.4. The summed E-state index contributed by atoms with van der Waals surface area (Å²) in [6.07, 6.45) is 2.89. The third-order valence-electron chi connectivity index (χ3n) is 0.897. The lowest BCUT2D eigenvalue weighted by Gasteiger charge is -2.01. The molecule has 0 aromatic rings. The molecule has 0 aromatic heterocycles. The quantitative estimate of drug-likeness (QED) is 0.502. The first-order valence-electron chi connectivity index (χ1n) is 2.50. The Morgan fingerprint density at radius 1 is 1.89 bits per heavy atom. The number of nitrogens with one attached hydrogen (secondary N) is 1. The third kappa shape index (κ3) is 1.28. The molecule has 0 atom stereocenters. The molecule has 2 N–H and O–H groups in total. The molecular formula is C5H6N2O2. The van der Waals surface area contributed by atoms with Gasteiger partial charge in [0.15, 0.2) is 5.70 Å². The number of carboxylic acids is 1. The Morgan fingerprint density at radius 3 is 3.00 bits per heavy atom. The fraction of sp³-hybridized carbons (Fsp3) is 0.200. The molecule has 0 aliphatic carbocycles. The molecule has 0 bridgehead atoms. The highest BCUT2D eigenvalue weighted by Crippen LogP contribution is 1.95. The van der Waals surface area contributed by atoms with Crippen molar-refractivity contribution in [1.29, 1.82) is 0 Å². The Morgan fingerprint density at radius 2 is 2.67 bits per heavy atom. The van der Waals surface area contributed by atoms with E-state index in [9.17, 15) is 4.79 Å². The van der Waals surface area contributed by atoms with Gasteiger partial charge in [-0.3, -0.25) is 4.99 Å². The van der Waals surface area contributed by atoms with E-state index < -0.39 is 5.97 Å². The number of rotatable bonds is 1. The molecule has 48 valence electrons. The predicted octanol–water partition coefficient (Wildman–Crippen LogP) is -0.414. The van der Waals surface area contributed by atoms with Gasteiger partial charge in [0.25, 0.3) is 0 Å². The molecule has 0 spiro atoms. The molecule has 1 heterocycles. The van der Waals surface area contributed by atoms with Crippen LogP contribution in [0.2, 0.25) is 0 Å². The van der Waals surface area contributed by atoms with Gasteiger partial charge in [0.05, 0.1) is 0 Å². The molecule has 9 heavy (non-hydrogen) atoms. The first kappa shape index (κ1) is 5.81. The van der Waals surface area contributed by atoms with Crippen molar-refractivity contribution in [2.24, 2.45) is 4.99 Å². The maximum Gasteiger partial charge on any atom is 0.355 e. The molecular weight excluding hydrogens is 120 g/mol. The van der Waals surface area contributed by atoms with Gasteiger partial charge in [0, 0.05) is 19.0 Å². The van der Waals surface area contributed by atoms with Crippen molar-refractivity contribution in [1.82, 2.24) is 5.32 Å². The minimum Gasteiger partial charge on any atom is -0.476 e. The Kier molecular flexibility index (Phi) is 1.48. The Bertz CT molecular complexity index is 183. The van der Waals surface area contributed by atoms with Gasteiger partial charge < -0.3 is 10.4 Å². The first-order chi connectivity index (χ1) is 4.30. The molecule has 4 nitrogen and oxygen atoms in total. The minimum absolute atomic E-state index is 0.0567. The summed E-state index contributed by atoms with van der Waals surface area (Å²) in [5, 5.41) is 11.0. The summed E-state index contributed by atoms with van der Waals surface area (Å²) in [5.74, 6) is -1.00. The third-order valence-corrected chi connectivity index (χ3v) is 0.897. The SMILES string of the molecule is O=C(O)C1=CNCC=N1. The lowest BCUT2D eigenvalue weighted by Crippen LogP contribution is -2.16. The van der Waals surface area contributed by atoms with E-state index in [0.717, 1.165) is 0 Å². The molecule has 1 aliphatic heterocycles. The molecule has 0 fully saturated rings. The molecule has 0 saturated carbocycles. The summed E-state index contributed by atoms with van der Waals surface area (Å²) in [6.45, 7) is 0.608. The number of hydrogen-bond acceptors (Lipinski definition) is 3. The minimum atomic E-state index is -1.00. The van der Waals surface area contributed by atoms with Crippen molar-refractivity contribution in [2.75, 3.05) is 6.54 Å². The first-order valence-corrected chi connectivity index (χ1v) is 2.50. The van der Waals surface area contributed by atoms with E-state index in [4.69, 9.17) is 5.11 Å². The van der Waals surface area contributed by atoms with Gasteiger partial charge in [-0.1, -0.05) is 0 Å². The highest BCUT2D eigenvalue weighted by molar-refractivity contribution is 5.88. The highest BCUT2D eigenvalue weighted by Gasteiger charge is 2.04. The summed E-state index contributed by atoms with van der Waals surface area (Å²) < 4.78 is 0. The van der Waals surface area contributed by atoms with E-state index in [0.29, 0.717) is 6.54 Å². The lowest BCUT2D eigenvalue weighted by molar-refractivity contribution is -0.132. The summed E-state index contributed by atoms with van der Waals surface area (Å²) in [4.78, 5) is 13.7. The van der Waals surface area contributed by atoms with E-state index in [-0.39, 0.29) is 5.70 Å². The Balaban J connectivity index is 2.69. The van der Waals surface area contributed by atoms with Crippen molar-refractivity contribution in [3.05, 3.63) is 11.9 Å². The van der Waals surface area contributed by atoms with Crippen LogP contribution in [0.3, 0.4) is 0 Å². The number of carbonyl (C=O) groups is 1. The number of aliphatic carboxylic acids is 1. The molecule has 4 heteroatoms. The smallest absolute Gasteiger partial charge is 0.355 e. The van der Waals surface area contributed by atoms with Crippen LogP contribution in [0.5, 0.6) is 0 Å². The van der Waals surface area contributed by atoms with Crippen LogP contribution >= 0.6 is 0 Å². The number of carboxylic acid groups (broad SMARTS) is 1. The number of nitrogens with zero attached hydrogens (tertiary/aromatic N) is 1. The topological polar surface area (TPSA) is 61.7 Å². The van der Waals surface area contributed by atoms with Gasteiger partial charge in [0.2, 0.25) is 0 Å². The van der Waals surface area contributed by atoms with Crippen LogP contribution in [0.1, 0.15) is 0 Å². The monoisotopic (exact) mass is 126 g/mol. The molecule has 0 aromatic carbocycles. The van der Waals surface area contributed by atoms with Gasteiger partial charge in [-0.25, -0.2) is 4.79 Å². The van der Waals surface area contributed by atoms with Gasteiger partial charge in [-0.2, -0.15) is 0 Å². The van der Waals surface area contributed by atoms with Crippen LogP contribution < -0.4 is 5.32 Å². The maximum absolute atomic E-state index is 10.1. The fourth-order valence-electron chi connectivity index (χ4n) is 0.507. The molecule has 0 radical (unpaired) electrons. The van der Waals surface area contributed by atoms with E-state index in [2.05, 4.69) is 10.3 Å². The summed E-state index contributed by atoms with van der Waals surface area (Å²) in [5.41, 5.74) is 0.0567. The van der Waals surface area contributed by atoms with Crippen molar-refractivity contribution in [3.63, 3.8) is 0 Å². The predicted molar refractivity (Wildman–Crippen MR) is 32.2 cm³/mol. The average molecular weight is 126 g/mol. The molecule has 0 unspecified atom stereocenters. The second kappa shape index (κ2) is 2.30. The van der Waals surface area contributed by atoms with Gasteiger partial charge >= 0.3 is 5.97 Å². The zero-order valence-corrected chi connectivity index (χ0v) is 4.66.